The van der Waals surface area contributed by atoms with E-state index in [1.807, 2.05) is 7.05 Å². The molecule has 102 valence electrons. The molecule has 1 saturated carbocycles. The Bertz CT molecular complexity index is 253. The van der Waals surface area contributed by atoms with Gasteiger partial charge >= 0.3 is 0 Å². The first kappa shape index (κ1) is 15.2. The van der Waals surface area contributed by atoms with E-state index in [9.17, 15) is 4.21 Å². The van der Waals surface area contributed by atoms with Crippen LogP contribution in [0, 0.1) is 5.41 Å². The molecule has 0 aliphatic heterocycles. The third-order valence-corrected chi connectivity index (χ3v) is 6.00. The first-order valence-electron chi connectivity index (χ1n) is 7.07. The van der Waals surface area contributed by atoms with Crippen LogP contribution >= 0.6 is 0 Å². The molecule has 0 spiro atoms. The summed E-state index contributed by atoms with van der Waals surface area (Å²) in [6.07, 6.45) is 7.16. The van der Waals surface area contributed by atoms with E-state index in [0.717, 1.165) is 18.6 Å². The van der Waals surface area contributed by atoms with Crippen molar-refractivity contribution in [1.82, 2.24) is 5.32 Å². The quantitative estimate of drug-likeness (QED) is 0.743. The Morgan fingerprint density at radius 1 is 1.35 bits per heavy atom. The fourth-order valence-electron chi connectivity index (χ4n) is 3.09. The molecule has 1 N–H and O–H groups in total. The van der Waals surface area contributed by atoms with Gasteiger partial charge in [0.1, 0.15) is 0 Å². The van der Waals surface area contributed by atoms with E-state index < -0.39 is 10.8 Å². The molecule has 0 radical (unpaired) electrons. The minimum Gasteiger partial charge on any atom is -0.315 e. The van der Waals surface area contributed by atoms with Crippen LogP contribution in [0.4, 0.5) is 0 Å². The summed E-state index contributed by atoms with van der Waals surface area (Å²) in [5, 5.41) is 3.78. The van der Waals surface area contributed by atoms with Gasteiger partial charge in [0.2, 0.25) is 0 Å². The molecule has 0 amide bonds. The number of hydrogen-bond donors (Lipinski definition) is 1. The maximum Gasteiger partial charge on any atom is 0.0506 e. The molecular weight excluding hydrogens is 230 g/mol. The summed E-state index contributed by atoms with van der Waals surface area (Å²) in [7, 11) is 1.37. The van der Waals surface area contributed by atoms with Gasteiger partial charge in [-0.2, -0.15) is 0 Å². The van der Waals surface area contributed by atoms with Crippen LogP contribution in [-0.2, 0) is 10.8 Å². The summed E-state index contributed by atoms with van der Waals surface area (Å²) in [5.41, 5.74) is 0.290. The molecule has 1 aliphatic carbocycles. The smallest absolute Gasteiger partial charge is 0.0506 e. The Labute approximate surface area is 109 Å². The predicted octanol–water partition coefficient (Wildman–Crippen LogP) is 3.09. The topological polar surface area (TPSA) is 29.1 Å². The third kappa shape index (κ3) is 4.06. The van der Waals surface area contributed by atoms with Gasteiger partial charge in [-0.15, -0.1) is 0 Å². The number of rotatable bonds is 6. The van der Waals surface area contributed by atoms with Crippen molar-refractivity contribution < 1.29 is 4.21 Å². The minimum atomic E-state index is -0.647. The molecule has 3 atom stereocenters. The Kier molecular flexibility index (Phi) is 6.14. The van der Waals surface area contributed by atoms with E-state index in [2.05, 4.69) is 26.1 Å². The highest BCUT2D eigenvalue weighted by molar-refractivity contribution is 7.85. The fraction of sp³-hybridized carbons (Fsp3) is 1.00. The monoisotopic (exact) mass is 259 g/mol. The van der Waals surface area contributed by atoms with Crippen molar-refractivity contribution in [3.63, 3.8) is 0 Å². The highest BCUT2D eigenvalue weighted by atomic mass is 32.2. The largest absolute Gasteiger partial charge is 0.315 e. The maximum atomic E-state index is 12.4. The summed E-state index contributed by atoms with van der Waals surface area (Å²) in [6.45, 7) is 6.82. The van der Waals surface area contributed by atoms with Gasteiger partial charge in [0, 0.05) is 22.6 Å². The zero-order valence-electron chi connectivity index (χ0n) is 11.9. The third-order valence-electron chi connectivity index (χ3n) is 4.12. The summed E-state index contributed by atoms with van der Waals surface area (Å²) in [6, 6.07) is 0.415. The Hall–Kier alpha value is 0.110. The lowest BCUT2D eigenvalue weighted by Crippen LogP contribution is -2.53. The lowest BCUT2D eigenvalue weighted by atomic mass is 9.73. The number of nitrogens with one attached hydrogen (secondary N) is 1. The number of unbranched alkanes of at least 4 members (excludes halogenated alkanes) is 2. The highest BCUT2D eigenvalue weighted by Crippen LogP contribution is 2.37. The molecule has 1 aliphatic rings. The molecule has 1 rings (SSSR count). The SMILES string of the molecule is CCCCCS(=O)C1CCCC(C)(C)C1NC. The zero-order chi connectivity index (χ0) is 12.9. The second-order valence-electron chi connectivity index (χ2n) is 5.98. The molecule has 0 aromatic heterocycles. The fourth-order valence-corrected chi connectivity index (χ4v) is 5.12. The van der Waals surface area contributed by atoms with Crippen LogP contribution in [0.3, 0.4) is 0 Å². The van der Waals surface area contributed by atoms with Gasteiger partial charge in [-0.05, 0) is 31.7 Å². The lowest BCUT2D eigenvalue weighted by Gasteiger charge is -2.43. The molecule has 0 bridgehead atoms. The maximum absolute atomic E-state index is 12.4. The van der Waals surface area contributed by atoms with E-state index in [1.54, 1.807) is 0 Å². The van der Waals surface area contributed by atoms with Crippen LogP contribution < -0.4 is 5.32 Å². The van der Waals surface area contributed by atoms with Crippen molar-refractivity contribution in [2.75, 3.05) is 12.8 Å². The van der Waals surface area contributed by atoms with Crippen LogP contribution in [0.2, 0.25) is 0 Å². The van der Waals surface area contributed by atoms with Crippen molar-refractivity contribution in [2.24, 2.45) is 5.41 Å². The summed E-state index contributed by atoms with van der Waals surface area (Å²) in [4.78, 5) is 0. The van der Waals surface area contributed by atoms with Crippen LogP contribution in [-0.4, -0.2) is 28.3 Å². The van der Waals surface area contributed by atoms with E-state index in [-0.39, 0.29) is 5.41 Å². The van der Waals surface area contributed by atoms with E-state index >= 15 is 0 Å². The Morgan fingerprint density at radius 2 is 2.06 bits per heavy atom. The lowest BCUT2D eigenvalue weighted by molar-refractivity contribution is 0.180. The van der Waals surface area contributed by atoms with E-state index in [1.165, 1.54) is 25.7 Å². The van der Waals surface area contributed by atoms with Crippen molar-refractivity contribution in [2.45, 2.75) is 70.6 Å². The molecule has 0 aromatic carbocycles. The summed E-state index contributed by atoms with van der Waals surface area (Å²) in [5.74, 6) is 0.896. The molecule has 1 fully saturated rings. The van der Waals surface area contributed by atoms with Gasteiger partial charge in [0.15, 0.2) is 0 Å². The molecule has 3 unspecified atom stereocenters. The standard InChI is InChI=1S/C14H29NOS/c1-5-6-7-11-17(16)12-9-8-10-14(2,3)13(12)15-4/h12-13,15H,5-11H2,1-4H3. The van der Waals surface area contributed by atoms with Crippen molar-refractivity contribution in [3.8, 4) is 0 Å². The molecule has 0 heterocycles. The van der Waals surface area contributed by atoms with Crippen LogP contribution in [0.1, 0.15) is 59.3 Å². The van der Waals surface area contributed by atoms with Gasteiger partial charge in [-0.3, -0.25) is 4.21 Å². The highest BCUT2D eigenvalue weighted by Gasteiger charge is 2.40. The molecule has 3 heteroatoms. The zero-order valence-corrected chi connectivity index (χ0v) is 12.7. The van der Waals surface area contributed by atoms with Crippen LogP contribution in [0.5, 0.6) is 0 Å². The van der Waals surface area contributed by atoms with Crippen LogP contribution in [0.25, 0.3) is 0 Å². The Morgan fingerprint density at radius 3 is 2.65 bits per heavy atom. The van der Waals surface area contributed by atoms with Crippen molar-refractivity contribution in [1.29, 1.82) is 0 Å². The van der Waals surface area contributed by atoms with E-state index in [0.29, 0.717) is 11.3 Å². The number of hydrogen-bond acceptors (Lipinski definition) is 2. The van der Waals surface area contributed by atoms with Crippen LogP contribution in [0.15, 0.2) is 0 Å². The van der Waals surface area contributed by atoms with Crippen molar-refractivity contribution in [3.05, 3.63) is 0 Å². The molecule has 17 heavy (non-hydrogen) atoms. The second kappa shape index (κ2) is 6.89. The van der Waals surface area contributed by atoms with Gasteiger partial charge in [0.05, 0.1) is 5.25 Å². The molecule has 0 aromatic rings. The van der Waals surface area contributed by atoms with Gasteiger partial charge < -0.3 is 5.32 Å². The molecule has 2 nitrogen and oxygen atoms in total. The van der Waals surface area contributed by atoms with Gasteiger partial charge in [-0.1, -0.05) is 40.0 Å². The normalized spacial score (nSPS) is 30.1. The summed E-state index contributed by atoms with van der Waals surface area (Å²) >= 11 is 0. The first-order chi connectivity index (χ1) is 8.03. The van der Waals surface area contributed by atoms with Gasteiger partial charge in [0.25, 0.3) is 0 Å². The summed E-state index contributed by atoms with van der Waals surface area (Å²) < 4.78 is 12.4. The van der Waals surface area contributed by atoms with Crippen molar-refractivity contribution >= 4 is 10.8 Å². The minimum absolute atomic E-state index is 0.290. The average molecular weight is 259 g/mol. The first-order valence-corrected chi connectivity index (χ1v) is 8.45. The molecular formula is C14H29NOS. The molecule has 0 saturated heterocycles. The second-order valence-corrected chi connectivity index (χ2v) is 7.75. The average Bonchev–Trinajstić information content (AvgIpc) is 2.27. The van der Waals surface area contributed by atoms with E-state index in [4.69, 9.17) is 0 Å². The van der Waals surface area contributed by atoms with Gasteiger partial charge in [-0.25, -0.2) is 0 Å². The Balaban J connectivity index is 2.58. The predicted molar refractivity (Wildman–Crippen MR) is 76.8 cm³/mol.